The zero-order chi connectivity index (χ0) is 13.3. The summed E-state index contributed by atoms with van der Waals surface area (Å²) in [5.74, 6) is 1.51. The number of halogens is 1. The highest BCUT2D eigenvalue weighted by atomic mass is 79.9. The van der Waals surface area contributed by atoms with Gasteiger partial charge in [-0.15, -0.1) is 0 Å². The van der Waals surface area contributed by atoms with Crippen LogP contribution in [0, 0.1) is 5.41 Å². The second kappa shape index (κ2) is 5.10. The Morgan fingerprint density at radius 2 is 2.00 bits per heavy atom. The molecule has 3 nitrogen and oxygen atoms in total. The van der Waals surface area contributed by atoms with Crippen molar-refractivity contribution in [3.05, 3.63) is 22.2 Å². The lowest BCUT2D eigenvalue weighted by Crippen LogP contribution is -2.19. The van der Waals surface area contributed by atoms with Crippen LogP contribution in [0.3, 0.4) is 0 Å². The van der Waals surface area contributed by atoms with Crippen LogP contribution in [0.2, 0.25) is 0 Å². The maximum Gasteiger partial charge on any atom is 0.174 e. The summed E-state index contributed by atoms with van der Waals surface area (Å²) in [6.45, 7) is 5.43. The van der Waals surface area contributed by atoms with Gasteiger partial charge in [0.05, 0.1) is 18.7 Å². The van der Waals surface area contributed by atoms with E-state index < -0.39 is 0 Å². The van der Waals surface area contributed by atoms with Gasteiger partial charge >= 0.3 is 0 Å². The van der Waals surface area contributed by atoms with Crippen molar-refractivity contribution in [2.45, 2.75) is 32.9 Å². The van der Waals surface area contributed by atoms with Crippen LogP contribution in [-0.2, 0) is 6.54 Å². The first-order chi connectivity index (χ1) is 8.47. The third-order valence-electron chi connectivity index (χ3n) is 3.56. The van der Waals surface area contributed by atoms with Crippen molar-refractivity contribution < 1.29 is 9.47 Å². The minimum atomic E-state index is 0.452. The molecular formula is C14H20BrNO2. The van der Waals surface area contributed by atoms with Crippen LogP contribution in [-0.4, -0.2) is 20.3 Å². The standard InChI is InChI=1S/C14H20BrNO2/c1-14(2)7-12(14)16-8-9-5-10(15)13(18-4)11(6-9)17-3/h5-6,12,16H,7-8H2,1-4H3. The summed E-state index contributed by atoms with van der Waals surface area (Å²) < 4.78 is 11.6. The number of benzene rings is 1. The smallest absolute Gasteiger partial charge is 0.174 e. The zero-order valence-corrected chi connectivity index (χ0v) is 12.9. The van der Waals surface area contributed by atoms with Gasteiger partial charge in [0.1, 0.15) is 0 Å². The molecule has 0 aromatic heterocycles. The van der Waals surface area contributed by atoms with E-state index in [2.05, 4.69) is 41.2 Å². The molecule has 1 N–H and O–H groups in total. The summed E-state index contributed by atoms with van der Waals surface area (Å²) in [5, 5.41) is 3.56. The fraction of sp³-hybridized carbons (Fsp3) is 0.571. The summed E-state index contributed by atoms with van der Waals surface area (Å²) in [7, 11) is 3.30. The van der Waals surface area contributed by atoms with Crippen LogP contribution in [0.25, 0.3) is 0 Å². The van der Waals surface area contributed by atoms with Gasteiger partial charge in [-0.1, -0.05) is 13.8 Å². The molecule has 0 amide bonds. The summed E-state index contributed by atoms with van der Waals surface area (Å²) >= 11 is 3.51. The van der Waals surface area contributed by atoms with E-state index in [1.807, 2.05) is 6.07 Å². The number of hydrogen-bond donors (Lipinski definition) is 1. The van der Waals surface area contributed by atoms with E-state index in [1.165, 1.54) is 12.0 Å². The molecular weight excluding hydrogens is 294 g/mol. The molecule has 100 valence electrons. The second-order valence-corrected chi connectivity index (χ2v) is 6.29. The Kier molecular flexibility index (Phi) is 3.87. The molecule has 1 fully saturated rings. The molecule has 0 aliphatic heterocycles. The summed E-state index contributed by atoms with van der Waals surface area (Å²) in [6, 6.07) is 4.72. The van der Waals surface area contributed by atoms with Gasteiger partial charge in [-0.25, -0.2) is 0 Å². The molecule has 1 unspecified atom stereocenters. The lowest BCUT2D eigenvalue weighted by Gasteiger charge is -2.13. The lowest BCUT2D eigenvalue weighted by atomic mass is 10.1. The molecule has 0 heterocycles. The SMILES string of the molecule is COc1cc(CNC2CC2(C)C)cc(Br)c1OC. The van der Waals surface area contributed by atoms with Gasteiger partial charge in [0.25, 0.3) is 0 Å². The normalized spacial score (nSPS) is 20.6. The lowest BCUT2D eigenvalue weighted by molar-refractivity contribution is 0.352. The van der Waals surface area contributed by atoms with Crippen LogP contribution >= 0.6 is 15.9 Å². The van der Waals surface area contributed by atoms with Gasteiger partial charge in [-0.05, 0) is 45.5 Å². The van der Waals surface area contributed by atoms with Crippen LogP contribution < -0.4 is 14.8 Å². The van der Waals surface area contributed by atoms with Crippen LogP contribution in [0.4, 0.5) is 0 Å². The number of rotatable bonds is 5. The Morgan fingerprint density at radius 1 is 1.33 bits per heavy atom. The quantitative estimate of drug-likeness (QED) is 0.904. The van der Waals surface area contributed by atoms with E-state index in [9.17, 15) is 0 Å². The predicted octanol–water partition coefficient (Wildman–Crippen LogP) is 3.35. The van der Waals surface area contributed by atoms with Crippen molar-refractivity contribution >= 4 is 15.9 Å². The minimum absolute atomic E-state index is 0.452. The van der Waals surface area contributed by atoms with Crippen molar-refractivity contribution in [2.24, 2.45) is 5.41 Å². The molecule has 1 saturated carbocycles. The molecule has 1 aliphatic carbocycles. The summed E-state index contributed by atoms with van der Waals surface area (Å²) in [6.07, 6.45) is 1.25. The van der Waals surface area contributed by atoms with E-state index in [0.29, 0.717) is 11.5 Å². The Balaban J connectivity index is 2.07. The highest BCUT2D eigenvalue weighted by Gasteiger charge is 2.44. The first-order valence-corrected chi connectivity index (χ1v) is 6.91. The molecule has 0 spiro atoms. The molecule has 1 aliphatic rings. The first-order valence-electron chi connectivity index (χ1n) is 6.11. The van der Waals surface area contributed by atoms with E-state index >= 15 is 0 Å². The largest absolute Gasteiger partial charge is 0.493 e. The van der Waals surface area contributed by atoms with Crippen molar-refractivity contribution in [3.63, 3.8) is 0 Å². The van der Waals surface area contributed by atoms with Crippen LogP contribution in [0.15, 0.2) is 16.6 Å². The Labute approximate surface area is 117 Å². The summed E-state index contributed by atoms with van der Waals surface area (Å²) in [4.78, 5) is 0. The maximum absolute atomic E-state index is 5.34. The van der Waals surface area contributed by atoms with Crippen LogP contribution in [0.1, 0.15) is 25.8 Å². The monoisotopic (exact) mass is 313 g/mol. The highest BCUT2D eigenvalue weighted by molar-refractivity contribution is 9.10. The van der Waals surface area contributed by atoms with Gasteiger partial charge in [0, 0.05) is 12.6 Å². The average Bonchev–Trinajstić information content (AvgIpc) is 2.93. The third-order valence-corrected chi connectivity index (χ3v) is 4.15. The van der Waals surface area contributed by atoms with Gasteiger partial charge in [0.2, 0.25) is 0 Å². The van der Waals surface area contributed by atoms with Crippen molar-refractivity contribution in [2.75, 3.05) is 14.2 Å². The van der Waals surface area contributed by atoms with E-state index in [-0.39, 0.29) is 0 Å². The minimum Gasteiger partial charge on any atom is -0.493 e. The van der Waals surface area contributed by atoms with E-state index in [4.69, 9.17) is 9.47 Å². The zero-order valence-electron chi connectivity index (χ0n) is 11.3. The average molecular weight is 314 g/mol. The molecule has 0 bridgehead atoms. The van der Waals surface area contributed by atoms with Gasteiger partial charge < -0.3 is 14.8 Å². The van der Waals surface area contributed by atoms with Crippen LogP contribution in [0.5, 0.6) is 11.5 Å². The third kappa shape index (κ3) is 2.81. The molecule has 0 radical (unpaired) electrons. The van der Waals surface area contributed by atoms with E-state index in [1.54, 1.807) is 14.2 Å². The highest BCUT2D eigenvalue weighted by Crippen LogP contribution is 2.45. The maximum atomic E-state index is 5.34. The predicted molar refractivity (Wildman–Crippen MR) is 76.3 cm³/mol. The number of hydrogen-bond acceptors (Lipinski definition) is 3. The fourth-order valence-electron chi connectivity index (χ4n) is 2.13. The van der Waals surface area contributed by atoms with Crippen molar-refractivity contribution in [1.29, 1.82) is 0 Å². The fourth-order valence-corrected chi connectivity index (χ4v) is 2.78. The number of methoxy groups -OCH3 is 2. The molecule has 2 rings (SSSR count). The summed E-state index contributed by atoms with van der Waals surface area (Å²) in [5.41, 5.74) is 1.65. The first kappa shape index (κ1) is 13.7. The Bertz CT molecular complexity index is 446. The molecule has 1 aromatic rings. The van der Waals surface area contributed by atoms with Gasteiger partial charge in [-0.3, -0.25) is 0 Å². The number of nitrogens with one attached hydrogen (secondary N) is 1. The topological polar surface area (TPSA) is 30.5 Å². The van der Waals surface area contributed by atoms with Crippen molar-refractivity contribution in [1.82, 2.24) is 5.32 Å². The van der Waals surface area contributed by atoms with Gasteiger partial charge in [0.15, 0.2) is 11.5 Å². The molecule has 18 heavy (non-hydrogen) atoms. The Morgan fingerprint density at radius 3 is 2.50 bits per heavy atom. The number of ether oxygens (including phenoxy) is 2. The molecule has 1 atom stereocenters. The molecule has 4 heteroatoms. The second-order valence-electron chi connectivity index (χ2n) is 5.44. The molecule has 0 saturated heterocycles. The van der Waals surface area contributed by atoms with Crippen molar-refractivity contribution in [3.8, 4) is 11.5 Å². The molecule has 1 aromatic carbocycles. The van der Waals surface area contributed by atoms with Gasteiger partial charge in [-0.2, -0.15) is 0 Å². The Hall–Kier alpha value is -0.740. The van der Waals surface area contributed by atoms with E-state index in [0.717, 1.165) is 22.5 Å².